The van der Waals surface area contributed by atoms with E-state index < -0.39 is 5.41 Å². The van der Waals surface area contributed by atoms with E-state index >= 15 is 0 Å². The van der Waals surface area contributed by atoms with Crippen LogP contribution in [-0.4, -0.2) is 16.6 Å². The molecular formula is C53H67NO2. The lowest BCUT2D eigenvalue weighted by Gasteiger charge is -2.45. The molecular weight excluding hydrogens is 683 g/mol. The summed E-state index contributed by atoms with van der Waals surface area (Å²) in [5.41, 5.74) is 8.60. The first kappa shape index (κ1) is 44.1. The van der Waals surface area contributed by atoms with Gasteiger partial charge in [0.25, 0.3) is 0 Å². The maximum absolute atomic E-state index is 14.8. The van der Waals surface area contributed by atoms with Gasteiger partial charge in [0, 0.05) is 34.7 Å². The summed E-state index contributed by atoms with van der Waals surface area (Å²) < 4.78 is 0. The smallest absolute Gasteiger partial charge is 0.193 e. The molecule has 4 aromatic rings. The average molecular weight is 750 g/mol. The lowest BCUT2D eigenvalue weighted by Crippen LogP contribution is -2.41. The predicted molar refractivity (Wildman–Crippen MR) is 239 cm³/mol. The fraction of sp³-hybridized carbons (Fsp3) is 0.415. The molecule has 3 nitrogen and oxygen atoms in total. The molecule has 0 fully saturated rings. The molecule has 0 atom stereocenters. The van der Waals surface area contributed by atoms with Crippen molar-refractivity contribution in [3.63, 3.8) is 0 Å². The molecule has 0 aliphatic carbocycles. The van der Waals surface area contributed by atoms with Crippen molar-refractivity contribution in [2.45, 2.75) is 132 Å². The zero-order valence-electron chi connectivity index (χ0n) is 37.3. The first-order valence-corrected chi connectivity index (χ1v) is 20.1. The lowest BCUT2D eigenvalue weighted by atomic mass is 9.59. The van der Waals surface area contributed by atoms with Gasteiger partial charge in [0.2, 0.25) is 0 Å². The second-order valence-corrected chi connectivity index (χ2v) is 19.8. The van der Waals surface area contributed by atoms with Gasteiger partial charge in [-0.1, -0.05) is 170 Å². The highest BCUT2D eigenvalue weighted by Gasteiger charge is 2.42. The van der Waals surface area contributed by atoms with Gasteiger partial charge in [0.1, 0.15) is 0 Å². The Balaban J connectivity index is 2.03. The summed E-state index contributed by atoms with van der Waals surface area (Å²) >= 11 is 0. The lowest BCUT2D eigenvalue weighted by molar-refractivity contribution is 0.102. The minimum absolute atomic E-state index is 0.0109. The SMILES string of the molecule is C=C/C=C(\C=C/C)C(=O)c1cc(C(C)(C)C(C)(C)c2ccc(C(C)(C)C(C)(C)C)cc2C)ccc1-c1ccc(C(C)(C)C(C)(C)C)cc1C(=O)c1ccncc1. The van der Waals surface area contributed by atoms with E-state index in [1.54, 1.807) is 36.7 Å². The van der Waals surface area contributed by atoms with E-state index in [1.165, 1.54) is 16.7 Å². The normalized spacial score (nSPS) is 13.6. The summed E-state index contributed by atoms with van der Waals surface area (Å²) in [7, 11) is 0. The molecule has 296 valence electrons. The van der Waals surface area contributed by atoms with Crippen molar-refractivity contribution in [2.75, 3.05) is 0 Å². The number of aryl methyl sites for hydroxylation is 1. The molecule has 0 aliphatic heterocycles. The molecule has 3 aromatic carbocycles. The van der Waals surface area contributed by atoms with Crippen molar-refractivity contribution in [1.29, 1.82) is 0 Å². The van der Waals surface area contributed by atoms with Crippen LogP contribution in [0.2, 0.25) is 0 Å². The number of carbonyl (C=O) groups excluding carboxylic acids is 2. The minimum Gasteiger partial charge on any atom is -0.289 e. The highest BCUT2D eigenvalue weighted by Crippen LogP contribution is 2.48. The van der Waals surface area contributed by atoms with Crippen molar-refractivity contribution in [1.82, 2.24) is 4.98 Å². The number of allylic oxidation sites excluding steroid dienone is 5. The Morgan fingerprint density at radius 3 is 1.54 bits per heavy atom. The summed E-state index contributed by atoms with van der Waals surface area (Å²) in [4.78, 5) is 33.5. The molecule has 0 aliphatic rings. The number of pyridine rings is 1. The van der Waals surface area contributed by atoms with E-state index in [9.17, 15) is 9.59 Å². The Kier molecular flexibility index (Phi) is 12.4. The van der Waals surface area contributed by atoms with Gasteiger partial charge >= 0.3 is 0 Å². The molecule has 56 heavy (non-hydrogen) atoms. The van der Waals surface area contributed by atoms with Crippen LogP contribution in [0.4, 0.5) is 0 Å². The molecule has 4 rings (SSSR count). The molecule has 0 saturated heterocycles. The highest BCUT2D eigenvalue weighted by molar-refractivity contribution is 6.17. The molecule has 1 heterocycles. The Hall–Kier alpha value is -4.63. The second kappa shape index (κ2) is 15.7. The number of ketones is 2. The van der Waals surface area contributed by atoms with Gasteiger partial charge in [-0.25, -0.2) is 0 Å². The van der Waals surface area contributed by atoms with E-state index in [4.69, 9.17) is 0 Å². The van der Waals surface area contributed by atoms with Crippen molar-refractivity contribution >= 4 is 11.6 Å². The molecule has 1 aromatic heterocycles. The van der Waals surface area contributed by atoms with Crippen molar-refractivity contribution < 1.29 is 9.59 Å². The molecule has 0 saturated carbocycles. The number of carbonyl (C=O) groups is 2. The fourth-order valence-electron chi connectivity index (χ4n) is 7.36. The van der Waals surface area contributed by atoms with Crippen LogP contribution in [0, 0.1) is 17.8 Å². The zero-order chi connectivity index (χ0) is 42.2. The second-order valence-electron chi connectivity index (χ2n) is 19.8. The van der Waals surface area contributed by atoms with Crippen LogP contribution >= 0.6 is 0 Å². The van der Waals surface area contributed by atoms with Gasteiger partial charge in [0.05, 0.1) is 0 Å². The minimum atomic E-state index is -0.411. The summed E-state index contributed by atoms with van der Waals surface area (Å²) in [6.07, 6.45) is 10.4. The van der Waals surface area contributed by atoms with Crippen molar-refractivity contribution in [3.05, 3.63) is 160 Å². The largest absolute Gasteiger partial charge is 0.289 e. The van der Waals surface area contributed by atoms with Crippen LogP contribution in [0.25, 0.3) is 11.1 Å². The standard InChI is InChI=1S/C53H67NO2/c1-18-20-36(21-19-2)46(55)44-34-40(52(14,15)53(16,17)45-27-24-38(32-35(45)3)50(10,11)48(4,5)6)23-26-42(44)41-25-22-39(51(12,13)49(7,8)9)33-43(41)47(56)37-28-30-54-31-29-37/h18-34H,1H2,2-17H3/b21-19-,36-20+. The van der Waals surface area contributed by atoms with Crippen LogP contribution in [-0.2, 0) is 21.7 Å². The van der Waals surface area contributed by atoms with Crippen LogP contribution in [0.15, 0.2) is 116 Å². The molecule has 0 N–H and O–H groups in total. The van der Waals surface area contributed by atoms with Crippen LogP contribution in [0.3, 0.4) is 0 Å². The Bertz CT molecular complexity index is 2170. The van der Waals surface area contributed by atoms with Gasteiger partial charge in [0.15, 0.2) is 11.6 Å². The van der Waals surface area contributed by atoms with Gasteiger partial charge in [-0.05, 0) is 110 Å². The number of Topliss-reactive ketones (excluding diaryl/α,β-unsaturated/α-hetero) is 1. The fourth-order valence-corrected chi connectivity index (χ4v) is 7.36. The number of hydrogen-bond donors (Lipinski definition) is 0. The summed E-state index contributed by atoms with van der Waals surface area (Å²) in [6, 6.07) is 23.0. The Labute approximate surface area is 339 Å². The molecule has 0 radical (unpaired) electrons. The number of aromatic nitrogens is 1. The van der Waals surface area contributed by atoms with Crippen LogP contribution < -0.4 is 0 Å². The van der Waals surface area contributed by atoms with Crippen LogP contribution in [0.5, 0.6) is 0 Å². The van der Waals surface area contributed by atoms with Crippen molar-refractivity contribution in [2.24, 2.45) is 10.8 Å². The molecule has 0 bridgehead atoms. The maximum Gasteiger partial charge on any atom is 0.193 e. The highest BCUT2D eigenvalue weighted by atomic mass is 16.1. The van der Waals surface area contributed by atoms with Crippen molar-refractivity contribution in [3.8, 4) is 11.1 Å². The molecule has 0 unspecified atom stereocenters. The third-order valence-corrected chi connectivity index (χ3v) is 14.0. The maximum atomic E-state index is 14.8. The number of rotatable bonds is 12. The van der Waals surface area contributed by atoms with Gasteiger partial charge in [-0.2, -0.15) is 0 Å². The predicted octanol–water partition coefficient (Wildman–Crippen LogP) is 14.1. The zero-order valence-corrected chi connectivity index (χ0v) is 37.3. The summed E-state index contributed by atoms with van der Waals surface area (Å²) in [5, 5.41) is 0. The van der Waals surface area contributed by atoms with Crippen LogP contribution in [0.1, 0.15) is 158 Å². The van der Waals surface area contributed by atoms with Gasteiger partial charge in [-0.15, -0.1) is 0 Å². The monoisotopic (exact) mass is 750 g/mol. The Morgan fingerprint density at radius 1 is 0.589 bits per heavy atom. The van der Waals surface area contributed by atoms with E-state index in [2.05, 4.69) is 158 Å². The molecule has 0 spiro atoms. The number of benzene rings is 3. The topological polar surface area (TPSA) is 47.0 Å². The third-order valence-electron chi connectivity index (χ3n) is 14.0. The van der Waals surface area contributed by atoms with E-state index in [0.717, 1.165) is 16.7 Å². The molecule has 0 amide bonds. The molecule has 3 heteroatoms. The summed E-state index contributed by atoms with van der Waals surface area (Å²) in [6.45, 7) is 39.9. The quantitative estimate of drug-likeness (QED) is 0.0823. The summed E-state index contributed by atoms with van der Waals surface area (Å²) in [5.74, 6) is -0.235. The van der Waals surface area contributed by atoms with E-state index in [-0.39, 0.29) is 38.6 Å². The van der Waals surface area contributed by atoms with E-state index in [1.807, 2.05) is 31.2 Å². The van der Waals surface area contributed by atoms with E-state index in [0.29, 0.717) is 27.8 Å². The number of hydrogen-bond acceptors (Lipinski definition) is 3. The Morgan fingerprint density at radius 2 is 1.05 bits per heavy atom. The third kappa shape index (κ3) is 8.11. The first-order chi connectivity index (χ1) is 25.7. The first-order valence-electron chi connectivity index (χ1n) is 20.1. The number of nitrogens with zero attached hydrogens (tertiary/aromatic N) is 1. The van der Waals surface area contributed by atoms with Gasteiger partial charge in [-0.3, -0.25) is 14.6 Å². The van der Waals surface area contributed by atoms with Gasteiger partial charge < -0.3 is 0 Å². The average Bonchev–Trinajstić information content (AvgIpc) is 3.12.